The van der Waals surface area contributed by atoms with Gasteiger partial charge in [0, 0.05) is 24.6 Å². The number of imidazole rings is 1. The Labute approximate surface area is 183 Å². The zero-order chi connectivity index (χ0) is 22.8. The van der Waals surface area contributed by atoms with Gasteiger partial charge in [-0.25, -0.2) is 13.4 Å². The summed E-state index contributed by atoms with van der Waals surface area (Å²) in [6, 6.07) is 12.4. The average Bonchev–Trinajstić information content (AvgIpc) is 3.10. The monoisotopic (exact) mass is 440 g/mol. The largest absolute Gasteiger partial charge is 0.350 e. The second-order valence-corrected chi connectivity index (χ2v) is 9.67. The van der Waals surface area contributed by atoms with E-state index in [4.69, 9.17) is 0 Å². The first-order valence-electron chi connectivity index (χ1n) is 10.0. The first-order valence-corrected chi connectivity index (χ1v) is 11.9. The fourth-order valence-electron chi connectivity index (χ4n) is 3.65. The Morgan fingerprint density at radius 3 is 2.23 bits per heavy atom. The van der Waals surface area contributed by atoms with Gasteiger partial charge in [-0.15, -0.1) is 0 Å². The van der Waals surface area contributed by atoms with Crippen LogP contribution in [0.25, 0.3) is 5.69 Å². The van der Waals surface area contributed by atoms with Crippen molar-refractivity contribution < 1.29 is 13.2 Å². The van der Waals surface area contributed by atoms with Crippen LogP contribution >= 0.6 is 0 Å². The molecule has 0 saturated heterocycles. The lowest BCUT2D eigenvalue weighted by Gasteiger charge is -2.28. The van der Waals surface area contributed by atoms with E-state index >= 15 is 0 Å². The molecule has 1 amide bonds. The standard InChI is InChI=1S/C23H28N4O3S/c1-16-12-17(2)14-22(13-16)27(31(5,29)30)18(3)23(28)25-15-20-6-8-21(9-7-20)26-11-10-24-19(26)4/h6-14,18H,15H2,1-5H3,(H,25,28)/t18-/m1/s1. The van der Waals surface area contributed by atoms with Gasteiger partial charge >= 0.3 is 0 Å². The summed E-state index contributed by atoms with van der Waals surface area (Å²) < 4.78 is 28.1. The molecule has 31 heavy (non-hydrogen) atoms. The summed E-state index contributed by atoms with van der Waals surface area (Å²) >= 11 is 0. The van der Waals surface area contributed by atoms with Crippen molar-refractivity contribution in [3.63, 3.8) is 0 Å². The number of aryl methyl sites for hydroxylation is 3. The number of sulfonamides is 1. The summed E-state index contributed by atoms with van der Waals surface area (Å²) in [6.45, 7) is 7.63. The minimum absolute atomic E-state index is 0.302. The van der Waals surface area contributed by atoms with Gasteiger partial charge < -0.3 is 9.88 Å². The lowest BCUT2D eigenvalue weighted by molar-refractivity contribution is -0.122. The van der Waals surface area contributed by atoms with Crippen LogP contribution in [-0.2, 0) is 21.4 Å². The molecule has 0 radical (unpaired) electrons. The molecule has 3 aromatic rings. The highest BCUT2D eigenvalue weighted by atomic mass is 32.2. The summed E-state index contributed by atoms with van der Waals surface area (Å²) in [6.07, 6.45) is 4.75. The van der Waals surface area contributed by atoms with E-state index in [0.29, 0.717) is 12.2 Å². The highest BCUT2D eigenvalue weighted by Crippen LogP contribution is 2.24. The summed E-state index contributed by atoms with van der Waals surface area (Å²) in [5, 5.41) is 2.85. The number of nitrogens with one attached hydrogen (secondary N) is 1. The first kappa shape index (κ1) is 22.6. The molecule has 0 spiro atoms. The van der Waals surface area contributed by atoms with Crippen LogP contribution in [0.15, 0.2) is 54.9 Å². The van der Waals surface area contributed by atoms with Gasteiger partial charge in [-0.1, -0.05) is 18.2 Å². The molecule has 1 heterocycles. The number of amides is 1. The maximum atomic E-state index is 12.8. The van der Waals surface area contributed by atoms with E-state index in [-0.39, 0.29) is 5.91 Å². The predicted molar refractivity (Wildman–Crippen MR) is 123 cm³/mol. The van der Waals surface area contributed by atoms with Crippen molar-refractivity contribution in [2.45, 2.75) is 40.3 Å². The van der Waals surface area contributed by atoms with E-state index in [9.17, 15) is 13.2 Å². The first-order chi connectivity index (χ1) is 14.6. The molecule has 0 aliphatic heterocycles. The van der Waals surface area contributed by atoms with E-state index in [1.807, 2.05) is 61.9 Å². The SMILES string of the molecule is Cc1cc(C)cc(N([C@H](C)C(=O)NCc2ccc(-n3ccnc3C)cc2)S(C)(=O)=O)c1. The summed E-state index contributed by atoms with van der Waals surface area (Å²) in [4.78, 5) is 17.0. The molecule has 0 fully saturated rings. The van der Waals surface area contributed by atoms with Crippen LogP contribution in [0.3, 0.4) is 0 Å². The number of rotatable bonds is 7. The Morgan fingerprint density at radius 2 is 1.71 bits per heavy atom. The quantitative estimate of drug-likeness (QED) is 0.611. The lowest BCUT2D eigenvalue weighted by atomic mass is 10.1. The van der Waals surface area contributed by atoms with Crippen LogP contribution in [0.4, 0.5) is 5.69 Å². The number of carbonyl (C=O) groups excluding carboxylic acids is 1. The predicted octanol–water partition coefficient (Wildman–Crippen LogP) is 3.27. The number of hydrogen-bond acceptors (Lipinski definition) is 4. The van der Waals surface area contributed by atoms with Crippen molar-refractivity contribution in [3.8, 4) is 5.69 Å². The maximum absolute atomic E-state index is 12.8. The lowest BCUT2D eigenvalue weighted by Crippen LogP contribution is -2.47. The van der Waals surface area contributed by atoms with Crippen LogP contribution in [0, 0.1) is 20.8 Å². The number of nitrogens with zero attached hydrogens (tertiary/aromatic N) is 3. The summed E-state index contributed by atoms with van der Waals surface area (Å²) in [5.74, 6) is 0.529. The van der Waals surface area contributed by atoms with Crippen molar-refractivity contribution in [2.75, 3.05) is 10.6 Å². The van der Waals surface area contributed by atoms with Gasteiger partial charge in [0.2, 0.25) is 15.9 Å². The summed E-state index contributed by atoms with van der Waals surface area (Å²) in [5.41, 5.74) is 4.26. The van der Waals surface area contributed by atoms with Gasteiger partial charge in [0.25, 0.3) is 0 Å². The molecular formula is C23H28N4O3S. The van der Waals surface area contributed by atoms with Crippen molar-refractivity contribution in [3.05, 3.63) is 77.4 Å². The molecule has 0 saturated carbocycles. The Balaban J connectivity index is 1.73. The average molecular weight is 441 g/mol. The molecule has 8 heteroatoms. The van der Waals surface area contributed by atoms with Crippen LogP contribution in [0.1, 0.15) is 29.4 Å². The molecule has 0 bridgehead atoms. The Bertz CT molecular complexity index is 1160. The topological polar surface area (TPSA) is 84.3 Å². The molecule has 1 atom stereocenters. The minimum atomic E-state index is -3.65. The second kappa shape index (κ2) is 8.93. The third-order valence-electron chi connectivity index (χ3n) is 5.06. The molecule has 7 nitrogen and oxygen atoms in total. The fraction of sp³-hybridized carbons (Fsp3) is 0.304. The van der Waals surface area contributed by atoms with Crippen molar-refractivity contribution in [1.82, 2.24) is 14.9 Å². The Hall–Kier alpha value is -3.13. The third-order valence-corrected chi connectivity index (χ3v) is 6.30. The normalized spacial score (nSPS) is 12.4. The minimum Gasteiger partial charge on any atom is -0.350 e. The highest BCUT2D eigenvalue weighted by molar-refractivity contribution is 7.92. The highest BCUT2D eigenvalue weighted by Gasteiger charge is 2.29. The smallest absolute Gasteiger partial charge is 0.243 e. The molecule has 1 aromatic heterocycles. The fourth-order valence-corrected chi connectivity index (χ4v) is 4.81. The van der Waals surface area contributed by atoms with Gasteiger partial charge in [0.1, 0.15) is 11.9 Å². The molecule has 3 rings (SSSR count). The van der Waals surface area contributed by atoms with Crippen molar-refractivity contribution in [2.24, 2.45) is 0 Å². The van der Waals surface area contributed by atoms with Crippen molar-refractivity contribution in [1.29, 1.82) is 0 Å². The molecule has 1 N–H and O–H groups in total. The van der Waals surface area contributed by atoms with Gasteiger partial charge in [-0.05, 0) is 68.7 Å². The molecule has 0 aliphatic rings. The van der Waals surface area contributed by atoms with Gasteiger partial charge in [0.15, 0.2) is 0 Å². The van der Waals surface area contributed by atoms with Gasteiger partial charge in [-0.2, -0.15) is 0 Å². The summed E-state index contributed by atoms with van der Waals surface area (Å²) in [7, 11) is -3.65. The van der Waals surface area contributed by atoms with Crippen LogP contribution in [0.2, 0.25) is 0 Å². The number of carbonyl (C=O) groups is 1. The Morgan fingerprint density at radius 1 is 1.10 bits per heavy atom. The zero-order valence-electron chi connectivity index (χ0n) is 18.5. The number of aromatic nitrogens is 2. The molecule has 2 aromatic carbocycles. The number of benzene rings is 2. The molecule has 0 aliphatic carbocycles. The maximum Gasteiger partial charge on any atom is 0.243 e. The van der Waals surface area contributed by atoms with E-state index in [0.717, 1.165) is 34.5 Å². The Kier molecular flexibility index (Phi) is 6.50. The third kappa shape index (κ3) is 5.32. The molecular weight excluding hydrogens is 412 g/mol. The number of anilines is 1. The van der Waals surface area contributed by atoms with Crippen LogP contribution < -0.4 is 9.62 Å². The number of hydrogen-bond donors (Lipinski definition) is 1. The van der Waals surface area contributed by atoms with Crippen molar-refractivity contribution >= 4 is 21.6 Å². The molecule has 0 unspecified atom stereocenters. The van der Waals surface area contributed by atoms with E-state index in [1.54, 1.807) is 25.3 Å². The van der Waals surface area contributed by atoms with E-state index < -0.39 is 16.1 Å². The molecule has 164 valence electrons. The van der Waals surface area contributed by atoms with Gasteiger partial charge in [-0.3, -0.25) is 9.10 Å². The van der Waals surface area contributed by atoms with E-state index in [2.05, 4.69) is 10.3 Å². The van der Waals surface area contributed by atoms with Crippen LogP contribution in [0.5, 0.6) is 0 Å². The zero-order valence-corrected chi connectivity index (χ0v) is 19.3. The second-order valence-electron chi connectivity index (χ2n) is 7.81. The van der Waals surface area contributed by atoms with E-state index in [1.165, 1.54) is 4.31 Å². The van der Waals surface area contributed by atoms with Gasteiger partial charge in [0.05, 0.1) is 11.9 Å². The van der Waals surface area contributed by atoms with Crippen LogP contribution in [-0.4, -0.2) is 36.2 Å².